The third-order valence-corrected chi connectivity index (χ3v) is 7.99. The standard InChI is InChI=1S/C25H25N4OP/c1-15-9-16(2)28-22(27-15)12-17-10-18-7-8-29(13-19(18)11-17)25-23-24(30-14-26-23)20-5-3-4-6-21(20)31-25/h3-6,9,11,14,18-19H,7-8,10,12-13H2,1-2H3/t18-,19-/m0/s1. The van der Waals surface area contributed by atoms with Gasteiger partial charge in [-0.15, -0.1) is 0 Å². The Morgan fingerprint density at radius 1 is 1.16 bits per heavy atom. The Kier molecular flexibility index (Phi) is 4.53. The van der Waals surface area contributed by atoms with Crippen molar-refractivity contribution in [2.45, 2.75) is 33.1 Å². The second kappa shape index (κ2) is 7.42. The van der Waals surface area contributed by atoms with E-state index < -0.39 is 0 Å². The number of aryl methyl sites for hydroxylation is 2. The number of anilines is 1. The molecule has 156 valence electrons. The molecule has 0 saturated carbocycles. The van der Waals surface area contributed by atoms with Gasteiger partial charge in [-0.05, 0) is 58.9 Å². The maximum atomic E-state index is 5.80. The minimum absolute atomic E-state index is 0.588. The molecule has 1 saturated heterocycles. The van der Waals surface area contributed by atoms with Crippen molar-refractivity contribution >= 4 is 35.2 Å². The van der Waals surface area contributed by atoms with Gasteiger partial charge in [0, 0.05) is 41.4 Å². The molecule has 6 rings (SSSR count). The Morgan fingerprint density at radius 3 is 2.87 bits per heavy atom. The molecule has 0 amide bonds. The van der Waals surface area contributed by atoms with Crippen LogP contribution in [0, 0.1) is 25.7 Å². The summed E-state index contributed by atoms with van der Waals surface area (Å²) >= 11 is 0. The molecule has 3 aromatic heterocycles. The van der Waals surface area contributed by atoms with Gasteiger partial charge >= 0.3 is 0 Å². The van der Waals surface area contributed by atoms with Gasteiger partial charge in [0.05, 0.1) is 5.42 Å². The van der Waals surface area contributed by atoms with Gasteiger partial charge in [-0.25, -0.2) is 15.0 Å². The Hall–Kier alpha value is -2.78. The SMILES string of the molecule is Cc1cc(C)nc(CC2=C[C@H]3CN(c4pc5ccccc5c5ocnc45)CC[C@H]3C2)n1. The number of aromatic nitrogens is 3. The third kappa shape index (κ3) is 3.41. The van der Waals surface area contributed by atoms with Crippen LogP contribution in [0.4, 0.5) is 5.42 Å². The largest absolute Gasteiger partial charge is 0.443 e. The molecule has 31 heavy (non-hydrogen) atoms. The summed E-state index contributed by atoms with van der Waals surface area (Å²) in [6.45, 7) is 6.24. The van der Waals surface area contributed by atoms with E-state index in [1.807, 2.05) is 6.07 Å². The zero-order valence-electron chi connectivity index (χ0n) is 17.9. The zero-order valence-corrected chi connectivity index (χ0v) is 18.8. The lowest BCUT2D eigenvalue weighted by Gasteiger charge is -2.36. The molecule has 0 unspecified atom stereocenters. The number of oxazole rings is 1. The normalized spacial score (nSPS) is 21.2. The second-order valence-corrected chi connectivity index (χ2v) is 10.0. The molecule has 4 aromatic rings. The number of fused-ring (bicyclic) bond motifs is 4. The first-order chi connectivity index (χ1) is 15.1. The van der Waals surface area contributed by atoms with E-state index in [4.69, 9.17) is 4.42 Å². The summed E-state index contributed by atoms with van der Waals surface area (Å²) in [5, 5.41) is 2.48. The van der Waals surface area contributed by atoms with E-state index in [9.17, 15) is 0 Å². The minimum Gasteiger partial charge on any atom is -0.443 e. The van der Waals surface area contributed by atoms with Crippen molar-refractivity contribution < 1.29 is 4.42 Å². The van der Waals surface area contributed by atoms with Crippen LogP contribution in [0.1, 0.15) is 30.1 Å². The van der Waals surface area contributed by atoms with Crippen molar-refractivity contribution in [2.24, 2.45) is 11.8 Å². The molecule has 4 heterocycles. The molecule has 1 aromatic carbocycles. The second-order valence-electron chi connectivity index (χ2n) is 8.91. The van der Waals surface area contributed by atoms with Gasteiger partial charge in [-0.3, -0.25) is 0 Å². The van der Waals surface area contributed by atoms with Crippen LogP contribution in [0.5, 0.6) is 0 Å². The predicted octanol–water partition coefficient (Wildman–Crippen LogP) is 5.98. The van der Waals surface area contributed by atoms with E-state index in [2.05, 4.69) is 64.0 Å². The quantitative estimate of drug-likeness (QED) is 0.376. The summed E-state index contributed by atoms with van der Waals surface area (Å²) in [5.41, 5.74) is 6.84. The van der Waals surface area contributed by atoms with Gasteiger partial charge in [0.1, 0.15) is 11.3 Å². The van der Waals surface area contributed by atoms with Crippen LogP contribution in [0.25, 0.3) is 21.6 Å². The molecule has 2 aliphatic rings. The lowest BCUT2D eigenvalue weighted by molar-refractivity contribution is 0.350. The lowest BCUT2D eigenvalue weighted by Crippen LogP contribution is -2.38. The molecule has 0 radical (unpaired) electrons. The fourth-order valence-electron chi connectivity index (χ4n) is 5.33. The fourth-order valence-corrected chi connectivity index (χ4v) is 6.61. The maximum Gasteiger partial charge on any atom is 0.182 e. The molecular formula is C25H25N4OP. The first kappa shape index (κ1) is 18.9. The summed E-state index contributed by atoms with van der Waals surface area (Å²) in [6.07, 6.45) is 7.37. The fraction of sp³-hybridized carbons (Fsp3) is 0.360. The van der Waals surface area contributed by atoms with E-state index in [-0.39, 0.29) is 0 Å². The van der Waals surface area contributed by atoms with Gasteiger partial charge in [0.15, 0.2) is 12.0 Å². The highest BCUT2D eigenvalue weighted by Crippen LogP contribution is 2.45. The average molecular weight is 428 g/mol. The maximum absolute atomic E-state index is 5.80. The number of benzene rings is 1. The highest BCUT2D eigenvalue weighted by atomic mass is 31.0. The van der Waals surface area contributed by atoms with Gasteiger partial charge in [0.2, 0.25) is 0 Å². The van der Waals surface area contributed by atoms with Crippen LogP contribution in [0.3, 0.4) is 0 Å². The van der Waals surface area contributed by atoms with Crippen molar-refractivity contribution in [1.82, 2.24) is 15.0 Å². The number of rotatable bonds is 3. The minimum atomic E-state index is 0.588. The van der Waals surface area contributed by atoms with Gasteiger partial charge in [-0.1, -0.05) is 29.8 Å². The Labute approximate surface area is 183 Å². The predicted molar refractivity (Wildman–Crippen MR) is 126 cm³/mol. The molecule has 2 atom stereocenters. The molecule has 5 nitrogen and oxygen atoms in total. The van der Waals surface area contributed by atoms with Crippen molar-refractivity contribution in [1.29, 1.82) is 0 Å². The molecule has 1 aliphatic heterocycles. The van der Waals surface area contributed by atoms with Crippen molar-refractivity contribution in [3.05, 3.63) is 65.6 Å². The van der Waals surface area contributed by atoms with Crippen LogP contribution in [-0.2, 0) is 6.42 Å². The molecule has 0 spiro atoms. The van der Waals surface area contributed by atoms with E-state index in [1.165, 1.54) is 42.5 Å². The van der Waals surface area contributed by atoms with Gasteiger partial charge in [-0.2, -0.15) is 0 Å². The van der Waals surface area contributed by atoms with Gasteiger partial charge < -0.3 is 9.32 Å². The molecule has 6 heteroatoms. The number of nitrogens with zero attached hydrogens (tertiary/aromatic N) is 4. The summed E-state index contributed by atoms with van der Waals surface area (Å²) in [6, 6.07) is 10.6. The van der Waals surface area contributed by atoms with Gasteiger partial charge in [0.25, 0.3) is 0 Å². The van der Waals surface area contributed by atoms with E-state index in [0.717, 1.165) is 53.7 Å². The number of hydrogen-bond acceptors (Lipinski definition) is 5. The molecule has 0 bridgehead atoms. The van der Waals surface area contributed by atoms with Crippen molar-refractivity contribution in [3.63, 3.8) is 0 Å². The summed E-state index contributed by atoms with van der Waals surface area (Å²) in [7, 11) is 1.23. The summed E-state index contributed by atoms with van der Waals surface area (Å²) < 4.78 is 5.80. The van der Waals surface area contributed by atoms with Crippen LogP contribution in [0.15, 0.2) is 52.8 Å². The first-order valence-electron chi connectivity index (χ1n) is 11.0. The molecule has 1 fully saturated rings. The third-order valence-electron chi connectivity index (χ3n) is 6.65. The van der Waals surface area contributed by atoms with Crippen LogP contribution in [0.2, 0.25) is 0 Å². The first-order valence-corrected chi connectivity index (χ1v) is 11.9. The smallest absolute Gasteiger partial charge is 0.182 e. The number of piperidine rings is 1. The van der Waals surface area contributed by atoms with E-state index >= 15 is 0 Å². The number of hydrogen-bond donors (Lipinski definition) is 0. The van der Waals surface area contributed by atoms with E-state index in [1.54, 1.807) is 6.39 Å². The van der Waals surface area contributed by atoms with Crippen LogP contribution >= 0.6 is 8.19 Å². The van der Waals surface area contributed by atoms with Crippen molar-refractivity contribution in [2.75, 3.05) is 18.0 Å². The lowest BCUT2D eigenvalue weighted by atomic mass is 9.88. The highest BCUT2D eigenvalue weighted by Gasteiger charge is 2.34. The topological polar surface area (TPSA) is 55.1 Å². The summed E-state index contributed by atoms with van der Waals surface area (Å²) in [5.74, 6) is 2.29. The Bertz CT molecular complexity index is 1310. The summed E-state index contributed by atoms with van der Waals surface area (Å²) in [4.78, 5) is 16.5. The van der Waals surface area contributed by atoms with Crippen LogP contribution < -0.4 is 4.90 Å². The number of allylic oxidation sites excluding steroid dienone is 1. The molecule has 0 N–H and O–H groups in total. The zero-order chi connectivity index (χ0) is 20.9. The Morgan fingerprint density at radius 2 is 2.00 bits per heavy atom. The van der Waals surface area contributed by atoms with Crippen molar-refractivity contribution in [3.8, 4) is 0 Å². The highest BCUT2D eigenvalue weighted by molar-refractivity contribution is 7.41. The molecule has 1 aliphatic carbocycles. The monoisotopic (exact) mass is 428 g/mol. The van der Waals surface area contributed by atoms with E-state index in [0.29, 0.717) is 5.92 Å². The van der Waals surface area contributed by atoms with Crippen LogP contribution in [-0.4, -0.2) is 28.0 Å². The average Bonchev–Trinajstić information content (AvgIpc) is 3.38. The Balaban J connectivity index is 1.28. The molecular weight excluding hydrogens is 403 g/mol.